The Hall–Kier alpha value is -1.82. The summed E-state index contributed by atoms with van der Waals surface area (Å²) in [7, 11) is 0. The molecule has 2 N–H and O–H groups in total. The van der Waals surface area contributed by atoms with Gasteiger partial charge in [-0.05, 0) is 44.8 Å². The molecule has 0 radical (unpaired) electrons. The van der Waals surface area contributed by atoms with E-state index in [-0.39, 0.29) is 12.3 Å². The monoisotopic (exact) mass is 294 g/mol. The maximum Gasteiger partial charge on any atom is 0.304 e. The van der Waals surface area contributed by atoms with Crippen LogP contribution in [-0.4, -0.2) is 48.1 Å². The van der Waals surface area contributed by atoms with Crippen LogP contribution in [0.15, 0.2) is 16.7 Å². The van der Waals surface area contributed by atoms with Gasteiger partial charge in [0.15, 0.2) is 5.76 Å². The first-order chi connectivity index (χ1) is 10.1. The maximum atomic E-state index is 11.9. The van der Waals surface area contributed by atoms with E-state index in [1.54, 1.807) is 6.07 Å². The predicted molar refractivity (Wildman–Crippen MR) is 77.2 cm³/mol. The number of carboxylic acids is 1. The van der Waals surface area contributed by atoms with Crippen LogP contribution in [0.1, 0.15) is 35.4 Å². The van der Waals surface area contributed by atoms with Crippen molar-refractivity contribution >= 4 is 11.9 Å². The van der Waals surface area contributed by atoms with Crippen molar-refractivity contribution in [2.45, 2.75) is 26.2 Å². The van der Waals surface area contributed by atoms with Gasteiger partial charge in [-0.25, -0.2) is 0 Å². The van der Waals surface area contributed by atoms with Gasteiger partial charge in [-0.2, -0.15) is 0 Å². The van der Waals surface area contributed by atoms with Gasteiger partial charge >= 0.3 is 5.97 Å². The molecule has 6 nitrogen and oxygen atoms in total. The zero-order valence-corrected chi connectivity index (χ0v) is 12.3. The molecule has 0 aromatic carbocycles. The minimum Gasteiger partial charge on any atom is -0.481 e. The fourth-order valence-electron chi connectivity index (χ4n) is 2.59. The van der Waals surface area contributed by atoms with Crippen LogP contribution >= 0.6 is 0 Å². The topological polar surface area (TPSA) is 82.8 Å². The van der Waals surface area contributed by atoms with Crippen molar-refractivity contribution in [3.8, 4) is 0 Å². The molecule has 1 fully saturated rings. The SMILES string of the molecule is Cc1ccoc1C(=O)NCC1CCN(CCC(=O)O)CC1. The molecule has 1 aromatic rings. The van der Waals surface area contributed by atoms with Crippen LogP contribution in [0.2, 0.25) is 0 Å². The van der Waals surface area contributed by atoms with Crippen molar-refractivity contribution in [1.82, 2.24) is 10.2 Å². The van der Waals surface area contributed by atoms with Crippen LogP contribution in [0, 0.1) is 12.8 Å². The lowest BCUT2D eigenvalue weighted by molar-refractivity contribution is -0.137. The Balaban J connectivity index is 1.68. The van der Waals surface area contributed by atoms with Gasteiger partial charge in [0.2, 0.25) is 0 Å². The van der Waals surface area contributed by atoms with Crippen molar-refractivity contribution in [2.24, 2.45) is 5.92 Å². The number of piperidine rings is 1. The first-order valence-electron chi connectivity index (χ1n) is 7.32. The number of nitrogens with one attached hydrogen (secondary N) is 1. The normalized spacial score (nSPS) is 16.8. The predicted octanol–water partition coefficient (Wildman–Crippen LogP) is 1.50. The quantitative estimate of drug-likeness (QED) is 0.831. The Morgan fingerprint density at radius 3 is 2.71 bits per heavy atom. The number of nitrogens with zero attached hydrogens (tertiary/aromatic N) is 1. The van der Waals surface area contributed by atoms with Crippen molar-refractivity contribution < 1.29 is 19.1 Å². The molecule has 1 amide bonds. The number of furan rings is 1. The van der Waals surface area contributed by atoms with Crippen LogP contribution < -0.4 is 5.32 Å². The Kier molecular flexibility index (Phi) is 5.38. The van der Waals surface area contributed by atoms with E-state index in [0.717, 1.165) is 31.5 Å². The summed E-state index contributed by atoms with van der Waals surface area (Å²) >= 11 is 0. The van der Waals surface area contributed by atoms with E-state index in [1.165, 1.54) is 6.26 Å². The molecule has 1 saturated heterocycles. The number of aliphatic carboxylic acids is 1. The van der Waals surface area contributed by atoms with Gasteiger partial charge in [0.05, 0.1) is 12.7 Å². The van der Waals surface area contributed by atoms with Gasteiger partial charge < -0.3 is 19.7 Å². The van der Waals surface area contributed by atoms with E-state index in [9.17, 15) is 9.59 Å². The summed E-state index contributed by atoms with van der Waals surface area (Å²) in [5.41, 5.74) is 0.844. The number of rotatable bonds is 6. The lowest BCUT2D eigenvalue weighted by Gasteiger charge is -2.31. The number of aryl methyl sites for hydroxylation is 1. The second-order valence-electron chi connectivity index (χ2n) is 5.57. The molecule has 1 aliphatic heterocycles. The van der Waals surface area contributed by atoms with E-state index in [1.807, 2.05) is 6.92 Å². The molecule has 0 spiro atoms. The molecule has 6 heteroatoms. The van der Waals surface area contributed by atoms with Crippen LogP contribution in [0.4, 0.5) is 0 Å². The lowest BCUT2D eigenvalue weighted by atomic mass is 9.96. The molecule has 1 aromatic heterocycles. The van der Waals surface area contributed by atoms with Gasteiger partial charge in [-0.15, -0.1) is 0 Å². The summed E-state index contributed by atoms with van der Waals surface area (Å²) in [4.78, 5) is 24.6. The fourth-order valence-corrected chi connectivity index (χ4v) is 2.59. The Bertz CT molecular complexity index is 490. The third-order valence-corrected chi connectivity index (χ3v) is 3.97. The molecule has 0 unspecified atom stereocenters. The molecule has 0 bridgehead atoms. The van der Waals surface area contributed by atoms with Gasteiger partial charge in [-0.3, -0.25) is 9.59 Å². The largest absolute Gasteiger partial charge is 0.481 e. The number of carboxylic acid groups (broad SMARTS) is 1. The summed E-state index contributed by atoms with van der Waals surface area (Å²) in [6, 6.07) is 1.77. The van der Waals surface area contributed by atoms with Crippen molar-refractivity contribution in [1.29, 1.82) is 0 Å². The zero-order chi connectivity index (χ0) is 15.2. The highest BCUT2D eigenvalue weighted by molar-refractivity contribution is 5.92. The number of hydrogen-bond acceptors (Lipinski definition) is 4. The minimum absolute atomic E-state index is 0.161. The molecule has 2 heterocycles. The Labute approximate surface area is 124 Å². The fraction of sp³-hybridized carbons (Fsp3) is 0.600. The third kappa shape index (κ3) is 4.60. The molecule has 0 aliphatic carbocycles. The van der Waals surface area contributed by atoms with E-state index in [2.05, 4.69) is 10.2 Å². The molecule has 21 heavy (non-hydrogen) atoms. The van der Waals surface area contributed by atoms with E-state index >= 15 is 0 Å². The zero-order valence-electron chi connectivity index (χ0n) is 12.3. The van der Waals surface area contributed by atoms with Gasteiger partial charge in [-0.1, -0.05) is 0 Å². The lowest BCUT2D eigenvalue weighted by Crippen LogP contribution is -2.39. The number of carbonyl (C=O) groups excluding carboxylic acids is 1. The second kappa shape index (κ2) is 7.26. The van der Waals surface area contributed by atoms with Crippen molar-refractivity contribution in [3.63, 3.8) is 0 Å². The average molecular weight is 294 g/mol. The molecule has 116 valence electrons. The second-order valence-corrected chi connectivity index (χ2v) is 5.57. The molecule has 0 atom stereocenters. The Morgan fingerprint density at radius 1 is 1.43 bits per heavy atom. The summed E-state index contributed by atoms with van der Waals surface area (Å²) < 4.78 is 5.16. The van der Waals surface area contributed by atoms with Crippen LogP contribution in [0.5, 0.6) is 0 Å². The molecule has 0 saturated carbocycles. The molecule has 1 aliphatic rings. The number of amides is 1. The maximum absolute atomic E-state index is 11.9. The van der Waals surface area contributed by atoms with Crippen molar-refractivity contribution in [3.05, 3.63) is 23.7 Å². The summed E-state index contributed by atoms with van der Waals surface area (Å²) in [6.45, 7) is 4.90. The molecular weight excluding hydrogens is 272 g/mol. The average Bonchev–Trinajstić information content (AvgIpc) is 2.90. The standard InChI is InChI=1S/C15H22N2O4/c1-11-5-9-21-14(11)15(20)16-10-12-2-6-17(7-3-12)8-4-13(18)19/h5,9,12H,2-4,6-8,10H2,1H3,(H,16,20)(H,18,19). The van der Waals surface area contributed by atoms with Crippen LogP contribution in [0.3, 0.4) is 0 Å². The molecular formula is C15H22N2O4. The first kappa shape index (κ1) is 15.6. The van der Waals surface area contributed by atoms with Crippen molar-refractivity contribution in [2.75, 3.05) is 26.2 Å². The van der Waals surface area contributed by atoms with Crippen LogP contribution in [0.25, 0.3) is 0 Å². The van der Waals surface area contributed by atoms with Gasteiger partial charge in [0.1, 0.15) is 0 Å². The smallest absolute Gasteiger partial charge is 0.304 e. The van der Waals surface area contributed by atoms with Crippen LogP contribution in [-0.2, 0) is 4.79 Å². The van der Waals surface area contributed by atoms with Gasteiger partial charge in [0.25, 0.3) is 5.91 Å². The summed E-state index contributed by atoms with van der Waals surface area (Å²) in [5.74, 6) is -0.0804. The highest BCUT2D eigenvalue weighted by Crippen LogP contribution is 2.17. The molecule has 2 rings (SSSR count). The summed E-state index contributed by atoms with van der Waals surface area (Å²) in [6.07, 6.45) is 3.68. The highest BCUT2D eigenvalue weighted by Gasteiger charge is 2.21. The first-order valence-corrected chi connectivity index (χ1v) is 7.32. The van der Waals surface area contributed by atoms with Gasteiger partial charge in [0, 0.05) is 18.7 Å². The summed E-state index contributed by atoms with van der Waals surface area (Å²) in [5, 5.41) is 11.6. The van der Waals surface area contributed by atoms with E-state index in [4.69, 9.17) is 9.52 Å². The highest BCUT2D eigenvalue weighted by atomic mass is 16.4. The number of likely N-dealkylation sites (tertiary alicyclic amines) is 1. The third-order valence-electron chi connectivity index (χ3n) is 3.97. The number of carbonyl (C=O) groups is 2. The minimum atomic E-state index is -0.752. The van der Waals surface area contributed by atoms with E-state index < -0.39 is 5.97 Å². The Morgan fingerprint density at radius 2 is 2.14 bits per heavy atom. The van der Waals surface area contributed by atoms with E-state index in [0.29, 0.717) is 24.8 Å². The number of hydrogen-bond donors (Lipinski definition) is 2.